The molecule has 0 saturated heterocycles. The molecule has 0 fully saturated rings. The zero-order valence-electron chi connectivity index (χ0n) is 16.4. The number of ether oxygens (including phenoxy) is 1. The molecule has 3 N–H and O–H groups in total. The maximum Gasteiger partial charge on any atom is 0.324 e. The van der Waals surface area contributed by atoms with Crippen molar-refractivity contribution in [1.82, 2.24) is 10.0 Å². The van der Waals surface area contributed by atoms with E-state index in [1.165, 1.54) is 38.1 Å². The van der Waals surface area contributed by atoms with Crippen LogP contribution in [0.1, 0.15) is 40.5 Å². The average molecular weight is 413 g/mol. The van der Waals surface area contributed by atoms with Gasteiger partial charge >= 0.3 is 5.97 Å². The van der Waals surface area contributed by atoms with Crippen LogP contribution in [0, 0.1) is 0 Å². The lowest BCUT2D eigenvalue weighted by Crippen LogP contribution is -2.41. The number of esters is 1. The van der Waals surface area contributed by atoms with Crippen LogP contribution >= 0.6 is 0 Å². The number of hydrogen-bond donors (Lipinski definition) is 3. The van der Waals surface area contributed by atoms with Crippen LogP contribution in [0.2, 0.25) is 0 Å². The minimum atomic E-state index is -3.98. The highest BCUT2D eigenvalue weighted by Crippen LogP contribution is 2.14. The van der Waals surface area contributed by atoms with Gasteiger partial charge in [0.15, 0.2) is 6.61 Å². The smallest absolute Gasteiger partial charge is 0.324 e. The van der Waals surface area contributed by atoms with Gasteiger partial charge in [-0.1, -0.05) is 13.3 Å². The summed E-state index contributed by atoms with van der Waals surface area (Å²) in [6.45, 7) is 6.01. The van der Waals surface area contributed by atoms with E-state index in [-0.39, 0.29) is 16.8 Å². The highest BCUT2D eigenvalue weighted by atomic mass is 32.2. The molecular weight excluding hydrogens is 386 g/mol. The summed E-state index contributed by atoms with van der Waals surface area (Å²) >= 11 is 0. The summed E-state index contributed by atoms with van der Waals surface area (Å²) in [6.07, 6.45) is 1.71. The van der Waals surface area contributed by atoms with Crippen LogP contribution in [0.5, 0.6) is 0 Å². The first kappa shape index (κ1) is 23.6. The van der Waals surface area contributed by atoms with Gasteiger partial charge in [0.25, 0.3) is 5.91 Å². The SMILES string of the molecule is CCC[C@@H](C)NC(=O)COC(=O)[C@H](C)NS(=O)(=O)c1ccc(NC(C)=O)cc1. The average Bonchev–Trinajstić information content (AvgIpc) is 2.59. The van der Waals surface area contributed by atoms with Crippen LogP contribution in [0.25, 0.3) is 0 Å². The number of amides is 2. The molecule has 2 amide bonds. The van der Waals surface area contributed by atoms with Gasteiger partial charge in [-0.2, -0.15) is 4.72 Å². The van der Waals surface area contributed by atoms with Crippen molar-refractivity contribution in [1.29, 1.82) is 0 Å². The predicted octanol–water partition coefficient (Wildman–Crippen LogP) is 1.16. The second kappa shape index (κ2) is 10.8. The minimum absolute atomic E-state index is 0.0346. The number of hydrogen-bond acceptors (Lipinski definition) is 6. The number of nitrogens with one attached hydrogen (secondary N) is 3. The zero-order valence-corrected chi connectivity index (χ0v) is 17.3. The Morgan fingerprint density at radius 3 is 2.25 bits per heavy atom. The predicted molar refractivity (Wildman–Crippen MR) is 104 cm³/mol. The molecule has 0 radical (unpaired) electrons. The Bertz CT molecular complexity index is 792. The topological polar surface area (TPSA) is 131 Å². The molecule has 1 aromatic rings. The molecule has 0 bridgehead atoms. The first-order valence-electron chi connectivity index (χ1n) is 8.91. The van der Waals surface area contributed by atoms with Crippen LogP contribution in [0.4, 0.5) is 5.69 Å². The highest BCUT2D eigenvalue weighted by Gasteiger charge is 2.24. The van der Waals surface area contributed by atoms with Crippen molar-refractivity contribution in [2.24, 2.45) is 0 Å². The molecule has 1 aromatic carbocycles. The molecule has 9 nitrogen and oxygen atoms in total. The van der Waals surface area contributed by atoms with Gasteiger partial charge in [-0.05, 0) is 44.5 Å². The van der Waals surface area contributed by atoms with E-state index in [4.69, 9.17) is 4.74 Å². The van der Waals surface area contributed by atoms with Crippen LogP contribution in [-0.4, -0.2) is 44.9 Å². The molecule has 28 heavy (non-hydrogen) atoms. The Labute approximate surface area is 165 Å². The number of carbonyl (C=O) groups excluding carboxylic acids is 3. The van der Waals surface area contributed by atoms with Gasteiger partial charge < -0.3 is 15.4 Å². The number of benzene rings is 1. The summed E-state index contributed by atoms with van der Waals surface area (Å²) in [4.78, 5) is 34.6. The van der Waals surface area contributed by atoms with Crippen LogP contribution in [0.15, 0.2) is 29.2 Å². The van der Waals surface area contributed by atoms with Crippen molar-refractivity contribution in [3.63, 3.8) is 0 Å². The maximum atomic E-state index is 12.4. The van der Waals surface area contributed by atoms with Crippen molar-refractivity contribution < 1.29 is 27.5 Å². The molecule has 1 rings (SSSR count). The molecule has 0 saturated carbocycles. The van der Waals surface area contributed by atoms with Gasteiger partial charge in [-0.25, -0.2) is 8.42 Å². The van der Waals surface area contributed by atoms with Crippen molar-refractivity contribution in [3.05, 3.63) is 24.3 Å². The summed E-state index contributed by atoms with van der Waals surface area (Å²) in [5.41, 5.74) is 0.447. The fraction of sp³-hybridized carbons (Fsp3) is 0.500. The third-order valence-electron chi connectivity index (χ3n) is 3.65. The Morgan fingerprint density at radius 2 is 1.71 bits per heavy atom. The van der Waals surface area contributed by atoms with Crippen molar-refractivity contribution in [3.8, 4) is 0 Å². The van der Waals surface area contributed by atoms with Crippen molar-refractivity contribution in [2.75, 3.05) is 11.9 Å². The van der Waals surface area contributed by atoms with Crippen LogP contribution < -0.4 is 15.4 Å². The molecular formula is C18H27N3O6S. The second-order valence-corrected chi connectivity index (χ2v) is 8.13. The molecule has 0 aliphatic carbocycles. The maximum absolute atomic E-state index is 12.4. The van der Waals surface area contributed by atoms with Gasteiger partial charge in [-0.3, -0.25) is 14.4 Å². The molecule has 2 atom stereocenters. The first-order valence-corrected chi connectivity index (χ1v) is 10.4. The zero-order chi connectivity index (χ0) is 21.3. The molecule has 10 heteroatoms. The first-order chi connectivity index (χ1) is 13.0. The van der Waals surface area contributed by atoms with E-state index in [1.807, 2.05) is 13.8 Å². The Balaban J connectivity index is 2.59. The monoisotopic (exact) mass is 413 g/mol. The fourth-order valence-corrected chi connectivity index (χ4v) is 3.55. The summed E-state index contributed by atoms with van der Waals surface area (Å²) in [6, 6.07) is 4.25. The summed E-state index contributed by atoms with van der Waals surface area (Å²) in [7, 11) is -3.98. The normalized spacial score (nSPS) is 13.3. The van der Waals surface area contributed by atoms with Gasteiger partial charge in [0, 0.05) is 18.7 Å². The van der Waals surface area contributed by atoms with Gasteiger partial charge in [0.05, 0.1) is 4.90 Å². The van der Waals surface area contributed by atoms with Gasteiger partial charge in [0.1, 0.15) is 6.04 Å². The van der Waals surface area contributed by atoms with Gasteiger partial charge in [-0.15, -0.1) is 0 Å². The van der Waals surface area contributed by atoms with E-state index < -0.39 is 34.5 Å². The Kier molecular flexibility index (Phi) is 9.07. The Hall–Kier alpha value is -2.46. The lowest BCUT2D eigenvalue weighted by atomic mass is 10.2. The second-order valence-electron chi connectivity index (χ2n) is 6.41. The van der Waals surface area contributed by atoms with E-state index in [9.17, 15) is 22.8 Å². The van der Waals surface area contributed by atoms with Crippen LogP contribution in [0.3, 0.4) is 0 Å². The minimum Gasteiger partial charge on any atom is -0.454 e. The third-order valence-corrected chi connectivity index (χ3v) is 5.20. The molecule has 156 valence electrons. The molecule has 0 unspecified atom stereocenters. The van der Waals surface area contributed by atoms with E-state index >= 15 is 0 Å². The van der Waals surface area contributed by atoms with E-state index in [0.29, 0.717) is 5.69 Å². The van der Waals surface area contributed by atoms with Crippen molar-refractivity contribution in [2.45, 2.75) is 57.5 Å². The van der Waals surface area contributed by atoms with Gasteiger partial charge in [0.2, 0.25) is 15.9 Å². The van der Waals surface area contributed by atoms with Crippen molar-refractivity contribution >= 4 is 33.5 Å². The molecule has 0 spiro atoms. The lowest BCUT2D eigenvalue weighted by Gasteiger charge is -2.15. The summed E-state index contributed by atoms with van der Waals surface area (Å²) in [5, 5.41) is 5.21. The third kappa shape index (κ3) is 8.05. The number of sulfonamides is 1. The van der Waals surface area contributed by atoms with E-state index in [0.717, 1.165) is 12.8 Å². The molecule has 0 aliphatic rings. The number of rotatable bonds is 10. The fourth-order valence-electron chi connectivity index (χ4n) is 2.35. The largest absolute Gasteiger partial charge is 0.454 e. The Morgan fingerprint density at radius 1 is 1.11 bits per heavy atom. The molecule has 0 heterocycles. The standard InChI is InChI=1S/C18H27N3O6S/c1-5-6-12(2)19-17(23)11-27-18(24)13(3)21-28(25,26)16-9-7-15(8-10-16)20-14(4)22/h7-10,12-13,21H,5-6,11H2,1-4H3,(H,19,23)(H,20,22)/t12-,13+/m1/s1. The summed E-state index contributed by atoms with van der Waals surface area (Å²) < 4.78 is 31.8. The highest BCUT2D eigenvalue weighted by molar-refractivity contribution is 7.89. The lowest BCUT2D eigenvalue weighted by molar-refractivity contribution is -0.149. The number of anilines is 1. The number of carbonyl (C=O) groups is 3. The van der Waals surface area contributed by atoms with E-state index in [1.54, 1.807) is 0 Å². The molecule has 0 aromatic heterocycles. The summed E-state index contributed by atoms with van der Waals surface area (Å²) in [5.74, 6) is -1.59. The van der Waals surface area contributed by atoms with Crippen LogP contribution in [-0.2, 0) is 29.1 Å². The van der Waals surface area contributed by atoms with E-state index in [2.05, 4.69) is 15.4 Å². The molecule has 0 aliphatic heterocycles. The quantitative estimate of drug-likeness (QED) is 0.494.